The van der Waals surface area contributed by atoms with Crippen molar-refractivity contribution in [2.75, 3.05) is 18.3 Å². The van der Waals surface area contributed by atoms with Gasteiger partial charge in [-0.25, -0.2) is 4.68 Å². The molecular weight excluding hydrogens is 312 g/mol. The van der Waals surface area contributed by atoms with E-state index in [2.05, 4.69) is 15.6 Å². The molecule has 3 aromatic rings. The minimum absolute atomic E-state index is 0.0839. The van der Waals surface area contributed by atoms with E-state index in [-0.39, 0.29) is 12.5 Å². The Morgan fingerprint density at radius 3 is 2.83 bits per heavy atom. The summed E-state index contributed by atoms with van der Waals surface area (Å²) in [5.41, 5.74) is 2.73. The van der Waals surface area contributed by atoms with E-state index in [4.69, 9.17) is 4.74 Å². The molecule has 0 saturated carbocycles. The molecule has 0 spiro atoms. The van der Waals surface area contributed by atoms with Crippen molar-refractivity contribution in [1.29, 1.82) is 0 Å². The minimum Gasteiger partial charge on any atom is -0.483 e. The van der Waals surface area contributed by atoms with Crippen LogP contribution in [0.5, 0.6) is 5.75 Å². The van der Waals surface area contributed by atoms with Gasteiger partial charge < -0.3 is 4.74 Å². The van der Waals surface area contributed by atoms with Crippen molar-refractivity contribution >= 4 is 28.4 Å². The predicted octanol–water partition coefficient (Wildman–Crippen LogP) is 2.61. The van der Waals surface area contributed by atoms with Crippen molar-refractivity contribution in [2.24, 2.45) is 0 Å². The molecule has 118 valence electrons. The molecule has 1 heterocycles. The molecule has 0 aliphatic heterocycles. The van der Waals surface area contributed by atoms with E-state index >= 15 is 0 Å². The number of aromatic nitrogens is 3. The third-order valence-electron chi connectivity index (χ3n) is 3.32. The lowest BCUT2D eigenvalue weighted by molar-refractivity contribution is -0.119. The summed E-state index contributed by atoms with van der Waals surface area (Å²) < 4.78 is 7.23. The Morgan fingerprint density at radius 1 is 1.22 bits per heavy atom. The summed E-state index contributed by atoms with van der Waals surface area (Å²) in [7, 11) is 0. The second-order valence-corrected chi connectivity index (χ2v) is 5.64. The van der Waals surface area contributed by atoms with Crippen LogP contribution in [-0.2, 0) is 4.79 Å². The third kappa shape index (κ3) is 3.29. The molecule has 1 N–H and O–H groups in total. The third-order valence-corrected chi connectivity index (χ3v) is 3.95. The molecule has 0 unspecified atom stereocenters. The quantitative estimate of drug-likeness (QED) is 0.729. The number of hydrogen-bond acceptors (Lipinski definition) is 5. The van der Waals surface area contributed by atoms with Gasteiger partial charge in [-0.1, -0.05) is 48.2 Å². The number of ether oxygens (including phenoxy) is 1. The van der Waals surface area contributed by atoms with Crippen LogP contribution in [0.3, 0.4) is 0 Å². The number of carbonyl (C=O) groups excluding carboxylic acids is 1. The first kappa shape index (κ1) is 15.4. The molecule has 7 heteroatoms. The van der Waals surface area contributed by atoms with Gasteiger partial charge in [-0.05, 0) is 24.6 Å². The van der Waals surface area contributed by atoms with Crippen LogP contribution in [-0.4, -0.2) is 33.6 Å². The monoisotopic (exact) mass is 328 g/mol. The normalized spacial score (nSPS) is 10.7. The molecule has 3 rings (SSSR count). The van der Waals surface area contributed by atoms with Crippen LogP contribution in [0.1, 0.15) is 5.82 Å². The van der Waals surface area contributed by atoms with E-state index in [1.807, 2.05) is 48.7 Å². The Bertz CT molecular complexity index is 842. The van der Waals surface area contributed by atoms with Crippen LogP contribution < -0.4 is 10.2 Å². The second kappa shape index (κ2) is 6.70. The highest BCUT2D eigenvalue weighted by atomic mass is 32.2. The zero-order valence-corrected chi connectivity index (χ0v) is 13.6. The molecule has 0 aliphatic rings. The van der Waals surface area contributed by atoms with Crippen molar-refractivity contribution in [2.45, 2.75) is 12.1 Å². The zero-order chi connectivity index (χ0) is 16.2. The van der Waals surface area contributed by atoms with Gasteiger partial charge in [0.05, 0.1) is 0 Å². The lowest BCUT2D eigenvalue weighted by atomic mass is 10.1. The van der Waals surface area contributed by atoms with Crippen LogP contribution in [0.2, 0.25) is 0 Å². The maximum Gasteiger partial charge on any atom is 0.276 e. The van der Waals surface area contributed by atoms with Gasteiger partial charge in [0.25, 0.3) is 5.91 Å². The first-order valence-corrected chi connectivity index (χ1v) is 8.28. The Morgan fingerprint density at radius 2 is 2.00 bits per heavy atom. The number of rotatable bonds is 5. The highest BCUT2D eigenvalue weighted by Crippen LogP contribution is 2.25. The molecule has 6 nitrogen and oxygen atoms in total. The molecule has 1 amide bonds. The van der Waals surface area contributed by atoms with Crippen LogP contribution >= 0.6 is 11.8 Å². The smallest absolute Gasteiger partial charge is 0.276 e. The number of fused-ring (bicyclic) bond motifs is 1. The Hall–Kier alpha value is -2.54. The number of aryl methyl sites for hydroxylation is 1. The molecule has 0 saturated heterocycles. The van der Waals surface area contributed by atoms with Gasteiger partial charge in [-0.2, -0.15) is 0 Å². The number of benzene rings is 2. The van der Waals surface area contributed by atoms with E-state index in [0.717, 1.165) is 10.8 Å². The van der Waals surface area contributed by atoms with Gasteiger partial charge in [-0.3, -0.25) is 10.2 Å². The van der Waals surface area contributed by atoms with Crippen molar-refractivity contribution in [1.82, 2.24) is 14.9 Å². The van der Waals surface area contributed by atoms with Crippen LogP contribution in [0.4, 0.5) is 0 Å². The first-order valence-electron chi connectivity index (χ1n) is 7.05. The highest BCUT2D eigenvalue weighted by molar-refractivity contribution is 7.98. The molecular formula is C16H16N4O2S. The summed E-state index contributed by atoms with van der Waals surface area (Å²) in [4.78, 5) is 12.1. The largest absolute Gasteiger partial charge is 0.483 e. The van der Waals surface area contributed by atoms with E-state index in [1.54, 1.807) is 11.6 Å². The molecule has 1 aromatic heterocycles. The molecule has 0 fully saturated rings. The molecule has 0 atom stereocenters. The fourth-order valence-corrected chi connectivity index (χ4v) is 2.71. The summed E-state index contributed by atoms with van der Waals surface area (Å²) in [5.74, 6) is 1.04. The van der Waals surface area contributed by atoms with Gasteiger partial charge in [-0.15, -0.1) is 10.2 Å². The number of amides is 1. The van der Waals surface area contributed by atoms with E-state index in [9.17, 15) is 4.79 Å². The van der Waals surface area contributed by atoms with E-state index < -0.39 is 0 Å². The van der Waals surface area contributed by atoms with Gasteiger partial charge >= 0.3 is 0 Å². The molecule has 0 aliphatic carbocycles. The average Bonchev–Trinajstić information content (AvgIpc) is 2.93. The first-order chi connectivity index (χ1) is 11.2. The van der Waals surface area contributed by atoms with Gasteiger partial charge in [0.1, 0.15) is 11.6 Å². The fraction of sp³-hybridized carbons (Fsp3) is 0.188. The lowest BCUT2D eigenvalue weighted by Gasteiger charge is -2.11. The average molecular weight is 328 g/mol. The molecule has 2 aromatic carbocycles. The van der Waals surface area contributed by atoms with Crippen LogP contribution in [0.25, 0.3) is 10.8 Å². The topological polar surface area (TPSA) is 69.0 Å². The van der Waals surface area contributed by atoms with E-state index in [1.165, 1.54) is 11.8 Å². The van der Waals surface area contributed by atoms with Crippen molar-refractivity contribution < 1.29 is 9.53 Å². The van der Waals surface area contributed by atoms with E-state index in [0.29, 0.717) is 16.7 Å². The molecule has 0 radical (unpaired) electrons. The Kier molecular flexibility index (Phi) is 4.47. The standard InChI is InChI=1S/C16H16N4O2S/c1-11-17-18-16(23-2)20(11)19-15(21)10-22-14-9-5-7-12-6-3-4-8-13(12)14/h3-9H,10H2,1-2H3,(H,19,21). The number of carbonyl (C=O) groups is 1. The van der Waals surface area contributed by atoms with Crippen molar-refractivity contribution in [3.8, 4) is 5.75 Å². The summed E-state index contributed by atoms with van der Waals surface area (Å²) in [5, 5.41) is 10.6. The molecule has 23 heavy (non-hydrogen) atoms. The predicted molar refractivity (Wildman–Crippen MR) is 90.4 cm³/mol. The lowest BCUT2D eigenvalue weighted by Crippen LogP contribution is -2.29. The summed E-state index contributed by atoms with van der Waals surface area (Å²) in [6.07, 6.45) is 1.87. The van der Waals surface area contributed by atoms with Gasteiger partial charge in [0.15, 0.2) is 6.61 Å². The second-order valence-electron chi connectivity index (χ2n) is 4.87. The number of thioether (sulfide) groups is 1. The van der Waals surface area contributed by atoms with Crippen LogP contribution in [0.15, 0.2) is 47.6 Å². The highest BCUT2D eigenvalue weighted by Gasteiger charge is 2.11. The maximum absolute atomic E-state index is 12.1. The maximum atomic E-state index is 12.1. The zero-order valence-electron chi connectivity index (χ0n) is 12.8. The minimum atomic E-state index is -0.267. The Balaban J connectivity index is 1.70. The SMILES string of the molecule is CSc1nnc(C)n1NC(=O)COc1cccc2ccccc12. The summed E-state index contributed by atoms with van der Waals surface area (Å²) in [6, 6.07) is 13.7. The summed E-state index contributed by atoms with van der Waals surface area (Å²) in [6.45, 7) is 1.69. The summed E-state index contributed by atoms with van der Waals surface area (Å²) >= 11 is 1.41. The fourth-order valence-electron chi connectivity index (χ4n) is 2.23. The van der Waals surface area contributed by atoms with Gasteiger partial charge in [0.2, 0.25) is 5.16 Å². The molecule has 0 bridgehead atoms. The number of hydrogen-bond donors (Lipinski definition) is 1. The Labute approximate surface area is 137 Å². The number of nitrogens with one attached hydrogen (secondary N) is 1. The van der Waals surface area contributed by atoms with Crippen molar-refractivity contribution in [3.05, 3.63) is 48.3 Å². The number of nitrogens with zero attached hydrogens (tertiary/aromatic N) is 3. The van der Waals surface area contributed by atoms with Crippen molar-refractivity contribution in [3.63, 3.8) is 0 Å². The van der Waals surface area contributed by atoms with Crippen LogP contribution in [0, 0.1) is 6.92 Å². The van der Waals surface area contributed by atoms with Gasteiger partial charge in [0, 0.05) is 5.39 Å².